The summed E-state index contributed by atoms with van der Waals surface area (Å²) in [5.74, 6) is -3.87. The lowest BCUT2D eigenvalue weighted by molar-refractivity contribution is -0.117. The van der Waals surface area contributed by atoms with Crippen molar-refractivity contribution in [3.8, 4) is 22.6 Å². The van der Waals surface area contributed by atoms with Crippen LogP contribution >= 0.6 is 0 Å². The topological polar surface area (TPSA) is 160 Å². The predicted octanol–water partition coefficient (Wildman–Crippen LogP) is 0.258. The Labute approximate surface area is 226 Å². The first-order valence-corrected chi connectivity index (χ1v) is 12.3. The van der Waals surface area contributed by atoms with Crippen molar-refractivity contribution >= 4 is 16.9 Å². The summed E-state index contributed by atoms with van der Waals surface area (Å²) in [5, 5.41) is 22.5. The Bertz CT molecular complexity index is 1520. The summed E-state index contributed by atoms with van der Waals surface area (Å²) in [6.07, 6.45) is 2.49. The van der Waals surface area contributed by atoms with Crippen molar-refractivity contribution in [3.05, 3.63) is 58.6 Å². The third-order valence-electron chi connectivity index (χ3n) is 6.53. The Morgan fingerprint density at radius 3 is 2.55 bits per heavy atom. The standard InChI is InChI=1S/C26H29F2N5O7/c1-4-20(36)30-16-11-40-12-17(16)31-26-29-7-14-5-15(21-22(27)18(38-2)6-19(39-3)23(21)28)25(37)32-24(14)33(26)8-13(9-34)10-35/h4-7,13,16-17,34-35H,1,8-12H2,2-3H3,(H,30,36)(H,32,37)/t16-,17+/m0/s1. The van der Waals surface area contributed by atoms with Crippen LogP contribution in [0.2, 0.25) is 0 Å². The number of nitrogens with zero attached hydrogens (tertiary/aromatic N) is 3. The highest BCUT2D eigenvalue weighted by Gasteiger charge is 2.29. The maximum atomic E-state index is 15.2. The van der Waals surface area contributed by atoms with Gasteiger partial charge in [0.2, 0.25) is 11.5 Å². The summed E-state index contributed by atoms with van der Waals surface area (Å²) in [5.41, 5.74) is -1.54. The number of halogens is 2. The lowest BCUT2D eigenvalue weighted by atomic mass is 10.0. The van der Waals surface area contributed by atoms with Gasteiger partial charge in [-0.3, -0.25) is 14.2 Å². The molecular formula is C26H29F2N5O7. The van der Waals surface area contributed by atoms with Gasteiger partial charge < -0.3 is 34.7 Å². The third kappa shape index (κ3) is 5.59. The molecule has 1 aromatic carbocycles. The molecule has 0 radical (unpaired) electrons. The molecule has 2 aromatic heterocycles. The first-order valence-electron chi connectivity index (χ1n) is 12.3. The van der Waals surface area contributed by atoms with E-state index in [4.69, 9.17) is 14.2 Å². The number of hydrogen-bond donors (Lipinski definition) is 4. The lowest BCUT2D eigenvalue weighted by Gasteiger charge is -2.19. The molecule has 3 heterocycles. The number of rotatable bonds is 10. The molecule has 2 atom stereocenters. The van der Waals surface area contributed by atoms with E-state index in [0.29, 0.717) is 0 Å². The second-order valence-corrected chi connectivity index (χ2v) is 9.05. The number of H-pyrrole nitrogens is 1. The number of aliphatic hydroxyl groups is 2. The molecule has 1 fully saturated rings. The second-order valence-electron chi connectivity index (χ2n) is 9.05. The van der Waals surface area contributed by atoms with Crippen molar-refractivity contribution in [1.82, 2.24) is 19.9 Å². The van der Waals surface area contributed by atoms with Gasteiger partial charge in [0.05, 0.1) is 50.6 Å². The van der Waals surface area contributed by atoms with Gasteiger partial charge in [-0.1, -0.05) is 6.58 Å². The molecule has 214 valence electrons. The zero-order valence-electron chi connectivity index (χ0n) is 21.8. The summed E-state index contributed by atoms with van der Waals surface area (Å²) in [6.45, 7) is 3.04. The van der Waals surface area contributed by atoms with Crippen molar-refractivity contribution < 1.29 is 38.0 Å². The van der Waals surface area contributed by atoms with E-state index in [1.165, 1.54) is 31.0 Å². The number of carbonyl (C=O) groups excluding carboxylic acids is 1. The van der Waals surface area contributed by atoms with Crippen molar-refractivity contribution in [2.75, 3.05) is 40.6 Å². The van der Waals surface area contributed by atoms with E-state index in [2.05, 4.69) is 26.9 Å². The summed E-state index contributed by atoms with van der Waals surface area (Å²) in [4.78, 5) is 36.8. The number of pyridine rings is 1. The van der Waals surface area contributed by atoms with Gasteiger partial charge in [-0.05, 0) is 12.1 Å². The molecule has 0 spiro atoms. The van der Waals surface area contributed by atoms with Crippen LogP contribution < -0.4 is 26.0 Å². The minimum Gasteiger partial charge on any atom is -0.494 e. The summed E-state index contributed by atoms with van der Waals surface area (Å²) >= 11 is 0. The van der Waals surface area contributed by atoms with E-state index in [1.54, 1.807) is 0 Å². The van der Waals surface area contributed by atoms with Crippen molar-refractivity contribution in [3.63, 3.8) is 0 Å². The molecule has 0 bridgehead atoms. The molecule has 40 heavy (non-hydrogen) atoms. The van der Waals surface area contributed by atoms with Crippen LogP contribution in [0.25, 0.3) is 22.2 Å². The highest BCUT2D eigenvalue weighted by molar-refractivity contribution is 5.87. The van der Waals surface area contributed by atoms with Crippen LogP contribution in [0.4, 0.5) is 8.78 Å². The van der Waals surface area contributed by atoms with Crippen LogP contribution in [0.15, 0.2) is 40.8 Å². The third-order valence-corrected chi connectivity index (χ3v) is 6.53. The van der Waals surface area contributed by atoms with Gasteiger partial charge in [-0.2, -0.15) is 0 Å². The molecule has 1 amide bonds. The monoisotopic (exact) mass is 561 g/mol. The molecule has 1 aliphatic rings. The Kier molecular flexibility index (Phi) is 8.92. The molecule has 1 aliphatic heterocycles. The van der Waals surface area contributed by atoms with Crippen molar-refractivity contribution in [2.24, 2.45) is 10.9 Å². The predicted molar refractivity (Wildman–Crippen MR) is 139 cm³/mol. The van der Waals surface area contributed by atoms with Crippen LogP contribution in [-0.4, -0.2) is 83.4 Å². The van der Waals surface area contributed by atoms with E-state index in [1.807, 2.05) is 0 Å². The van der Waals surface area contributed by atoms with Gasteiger partial charge in [-0.15, -0.1) is 0 Å². The fraction of sp³-hybridized carbons (Fsp3) is 0.385. The number of fused-ring (bicyclic) bond motifs is 1. The molecule has 3 aromatic rings. The van der Waals surface area contributed by atoms with E-state index in [0.717, 1.165) is 12.1 Å². The first kappa shape index (κ1) is 28.9. The SMILES string of the molecule is C=CC(=O)N[C@H]1COC[C@H]1N=c1ncc2cc(-c3c(F)c(OC)cc(OC)c3F)c(=O)[nH]c2n1CC(CO)CO. The molecule has 12 nitrogen and oxygen atoms in total. The van der Waals surface area contributed by atoms with Gasteiger partial charge in [-0.25, -0.2) is 18.8 Å². The number of methoxy groups -OCH3 is 2. The normalized spacial score (nSPS) is 17.4. The summed E-state index contributed by atoms with van der Waals surface area (Å²) < 4.78 is 47.3. The molecule has 0 unspecified atom stereocenters. The van der Waals surface area contributed by atoms with Gasteiger partial charge in [0.15, 0.2) is 23.1 Å². The quantitative estimate of drug-likeness (QED) is 0.257. The zero-order chi connectivity index (χ0) is 29.0. The van der Waals surface area contributed by atoms with Crippen LogP contribution in [0.1, 0.15) is 0 Å². The Morgan fingerprint density at radius 2 is 1.95 bits per heavy atom. The van der Waals surface area contributed by atoms with Crippen LogP contribution in [0.3, 0.4) is 0 Å². The molecule has 4 rings (SSSR count). The largest absolute Gasteiger partial charge is 0.494 e. The van der Waals surface area contributed by atoms with E-state index in [9.17, 15) is 19.8 Å². The van der Waals surface area contributed by atoms with Gasteiger partial charge in [0, 0.05) is 43.3 Å². The van der Waals surface area contributed by atoms with Gasteiger partial charge in [0.1, 0.15) is 5.65 Å². The number of benzene rings is 1. The number of nitrogens with one attached hydrogen (secondary N) is 2. The molecule has 0 aliphatic carbocycles. The maximum absolute atomic E-state index is 15.2. The van der Waals surface area contributed by atoms with Crippen LogP contribution in [-0.2, 0) is 16.1 Å². The second kappa shape index (κ2) is 12.4. The van der Waals surface area contributed by atoms with E-state index in [-0.39, 0.29) is 66.7 Å². The molecule has 4 N–H and O–H groups in total. The highest BCUT2D eigenvalue weighted by Crippen LogP contribution is 2.36. The average Bonchev–Trinajstić information content (AvgIpc) is 3.39. The molecule has 0 saturated carbocycles. The van der Waals surface area contributed by atoms with Crippen molar-refractivity contribution in [1.29, 1.82) is 0 Å². The Morgan fingerprint density at radius 1 is 1.27 bits per heavy atom. The molecule has 1 saturated heterocycles. The number of aromatic amines is 1. The number of ether oxygens (including phenoxy) is 3. The minimum absolute atomic E-state index is 0.0155. The zero-order valence-corrected chi connectivity index (χ0v) is 21.8. The highest BCUT2D eigenvalue weighted by atomic mass is 19.1. The number of amides is 1. The minimum atomic E-state index is -1.09. The lowest BCUT2D eigenvalue weighted by Crippen LogP contribution is -2.43. The smallest absolute Gasteiger partial charge is 0.257 e. The van der Waals surface area contributed by atoms with Crippen LogP contribution in [0, 0.1) is 17.6 Å². The number of carbonyl (C=O) groups is 1. The van der Waals surface area contributed by atoms with Gasteiger partial charge in [0.25, 0.3) is 5.56 Å². The fourth-order valence-corrected chi connectivity index (χ4v) is 4.37. The average molecular weight is 562 g/mol. The number of hydrogen-bond acceptors (Lipinski definition) is 9. The van der Waals surface area contributed by atoms with Crippen molar-refractivity contribution in [2.45, 2.75) is 18.6 Å². The first-order chi connectivity index (χ1) is 19.3. The van der Waals surface area contributed by atoms with E-state index >= 15 is 8.78 Å². The number of aliphatic hydroxyl groups excluding tert-OH is 2. The molecule has 14 heteroatoms. The molecular weight excluding hydrogens is 532 g/mol. The Hall–Kier alpha value is -4.14. The maximum Gasteiger partial charge on any atom is 0.257 e. The van der Waals surface area contributed by atoms with Gasteiger partial charge >= 0.3 is 0 Å². The summed E-state index contributed by atoms with van der Waals surface area (Å²) in [6, 6.07) is 1.29. The number of aromatic nitrogens is 3. The Balaban J connectivity index is 1.92. The fourth-order valence-electron chi connectivity index (χ4n) is 4.37. The van der Waals surface area contributed by atoms with Crippen LogP contribution in [0.5, 0.6) is 11.5 Å². The summed E-state index contributed by atoms with van der Waals surface area (Å²) in [7, 11) is 2.40. The van der Waals surface area contributed by atoms with E-state index < -0.39 is 46.7 Å².